The van der Waals surface area contributed by atoms with E-state index in [1.807, 2.05) is 36.4 Å². The standard InChI is InChI=1S/C11H8O2/c12-11-8-5-1-3-7-4-2-6-9(13-11)10(7)8/h1-6,11-12H. The van der Waals surface area contributed by atoms with Gasteiger partial charge in [0.1, 0.15) is 5.75 Å². The van der Waals surface area contributed by atoms with Crippen molar-refractivity contribution < 1.29 is 9.84 Å². The van der Waals surface area contributed by atoms with Crippen LogP contribution in [-0.2, 0) is 0 Å². The van der Waals surface area contributed by atoms with Crippen molar-refractivity contribution >= 4 is 10.8 Å². The molecule has 0 fully saturated rings. The van der Waals surface area contributed by atoms with Crippen LogP contribution < -0.4 is 4.74 Å². The minimum absolute atomic E-state index is 0.778. The molecule has 2 nitrogen and oxygen atoms in total. The van der Waals surface area contributed by atoms with Crippen LogP contribution in [0.4, 0.5) is 0 Å². The Morgan fingerprint density at radius 2 is 1.85 bits per heavy atom. The Labute approximate surface area is 75.4 Å². The van der Waals surface area contributed by atoms with Crippen molar-refractivity contribution in [3.63, 3.8) is 0 Å². The summed E-state index contributed by atoms with van der Waals surface area (Å²) in [5.74, 6) is 0.778. The van der Waals surface area contributed by atoms with Crippen LogP contribution in [0.2, 0.25) is 0 Å². The predicted octanol–water partition coefficient (Wildman–Crippen LogP) is 2.22. The van der Waals surface area contributed by atoms with Crippen LogP contribution in [0.1, 0.15) is 11.9 Å². The summed E-state index contributed by atoms with van der Waals surface area (Å²) in [6, 6.07) is 11.7. The summed E-state index contributed by atoms with van der Waals surface area (Å²) in [5, 5.41) is 11.7. The fourth-order valence-corrected chi connectivity index (χ4v) is 1.82. The van der Waals surface area contributed by atoms with E-state index >= 15 is 0 Å². The molecule has 2 aromatic rings. The van der Waals surface area contributed by atoms with Gasteiger partial charge in [-0.15, -0.1) is 0 Å². The molecule has 0 spiro atoms. The van der Waals surface area contributed by atoms with Gasteiger partial charge in [-0.05, 0) is 11.5 Å². The van der Waals surface area contributed by atoms with Crippen LogP contribution in [0.3, 0.4) is 0 Å². The van der Waals surface area contributed by atoms with E-state index in [4.69, 9.17) is 4.74 Å². The lowest BCUT2D eigenvalue weighted by Crippen LogP contribution is -1.98. The first-order valence-corrected chi connectivity index (χ1v) is 4.22. The van der Waals surface area contributed by atoms with Crippen molar-refractivity contribution in [3.8, 4) is 5.75 Å². The average molecular weight is 172 g/mol. The number of ether oxygens (including phenoxy) is 1. The Morgan fingerprint density at radius 1 is 1.08 bits per heavy atom. The molecule has 0 radical (unpaired) electrons. The largest absolute Gasteiger partial charge is 0.460 e. The highest BCUT2D eigenvalue weighted by molar-refractivity contribution is 5.92. The minimum atomic E-state index is -0.791. The van der Waals surface area contributed by atoms with E-state index in [9.17, 15) is 5.11 Å². The molecule has 0 amide bonds. The molecular weight excluding hydrogens is 164 g/mol. The van der Waals surface area contributed by atoms with E-state index in [1.165, 1.54) is 0 Å². The lowest BCUT2D eigenvalue weighted by atomic mass is 10.1. The summed E-state index contributed by atoms with van der Waals surface area (Å²) in [5.41, 5.74) is 0.869. The molecule has 3 rings (SSSR count). The highest BCUT2D eigenvalue weighted by atomic mass is 16.6. The van der Waals surface area contributed by atoms with Crippen LogP contribution in [0.5, 0.6) is 5.75 Å². The van der Waals surface area contributed by atoms with Crippen LogP contribution in [0.25, 0.3) is 10.8 Å². The number of aliphatic hydroxyl groups excluding tert-OH is 1. The van der Waals surface area contributed by atoms with Gasteiger partial charge in [-0.2, -0.15) is 0 Å². The van der Waals surface area contributed by atoms with Crippen molar-refractivity contribution in [2.24, 2.45) is 0 Å². The first-order chi connectivity index (χ1) is 6.36. The molecule has 13 heavy (non-hydrogen) atoms. The van der Waals surface area contributed by atoms with Crippen molar-refractivity contribution in [2.75, 3.05) is 0 Å². The Balaban J connectivity index is 2.51. The van der Waals surface area contributed by atoms with E-state index in [0.29, 0.717) is 0 Å². The lowest BCUT2D eigenvalue weighted by Gasteiger charge is -2.02. The molecule has 0 saturated heterocycles. The molecule has 0 saturated carbocycles. The fraction of sp³-hybridized carbons (Fsp3) is 0.0909. The van der Waals surface area contributed by atoms with E-state index in [2.05, 4.69) is 0 Å². The Hall–Kier alpha value is -1.54. The quantitative estimate of drug-likeness (QED) is 0.660. The molecule has 1 heterocycles. The Bertz CT molecular complexity index is 471. The molecule has 2 heteroatoms. The summed E-state index contributed by atoms with van der Waals surface area (Å²) in [6.45, 7) is 0. The zero-order valence-corrected chi connectivity index (χ0v) is 6.90. The molecule has 2 aromatic carbocycles. The predicted molar refractivity (Wildman–Crippen MR) is 49.5 cm³/mol. The Morgan fingerprint density at radius 3 is 2.69 bits per heavy atom. The van der Waals surface area contributed by atoms with Crippen molar-refractivity contribution in [2.45, 2.75) is 6.29 Å². The third-order valence-corrected chi connectivity index (χ3v) is 2.40. The van der Waals surface area contributed by atoms with Crippen LogP contribution >= 0.6 is 0 Å². The number of benzene rings is 2. The topological polar surface area (TPSA) is 29.5 Å². The van der Waals surface area contributed by atoms with E-state index in [1.54, 1.807) is 0 Å². The highest BCUT2D eigenvalue weighted by Gasteiger charge is 2.22. The monoisotopic (exact) mass is 172 g/mol. The van der Waals surface area contributed by atoms with Gasteiger partial charge in [0, 0.05) is 10.9 Å². The SMILES string of the molecule is OC1Oc2cccc3cccc1c23. The molecule has 0 aromatic heterocycles. The molecule has 0 aliphatic carbocycles. The summed E-state index contributed by atoms with van der Waals surface area (Å²) in [7, 11) is 0. The molecule has 1 aliphatic rings. The molecule has 1 N–H and O–H groups in total. The summed E-state index contributed by atoms with van der Waals surface area (Å²) in [6.07, 6.45) is -0.791. The average Bonchev–Trinajstić information content (AvgIpc) is 2.47. The maximum atomic E-state index is 9.54. The van der Waals surface area contributed by atoms with Gasteiger partial charge in [0.15, 0.2) is 0 Å². The maximum absolute atomic E-state index is 9.54. The first kappa shape index (κ1) is 6.92. The lowest BCUT2D eigenvalue weighted by molar-refractivity contribution is -0.00871. The molecule has 1 aliphatic heterocycles. The Kier molecular flexibility index (Phi) is 1.19. The second-order valence-electron chi connectivity index (χ2n) is 3.17. The number of rotatable bonds is 0. The zero-order chi connectivity index (χ0) is 8.84. The van der Waals surface area contributed by atoms with Gasteiger partial charge >= 0.3 is 0 Å². The number of aliphatic hydroxyl groups is 1. The van der Waals surface area contributed by atoms with Crippen molar-refractivity contribution in [1.29, 1.82) is 0 Å². The minimum Gasteiger partial charge on any atom is -0.460 e. The first-order valence-electron chi connectivity index (χ1n) is 4.22. The second kappa shape index (κ2) is 2.24. The highest BCUT2D eigenvalue weighted by Crippen LogP contribution is 2.39. The van der Waals surface area contributed by atoms with Gasteiger partial charge in [0.05, 0.1) is 0 Å². The summed E-state index contributed by atoms with van der Waals surface area (Å²) < 4.78 is 5.28. The smallest absolute Gasteiger partial charge is 0.225 e. The molecule has 64 valence electrons. The second-order valence-corrected chi connectivity index (χ2v) is 3.17. The number of hydrogen-bond acceptors (Lipinski definition) is 2. The van der Waals surface area contributed by atoms with Crippen molar-refractivity contribution in [3.05, 3.63) is 42.0 Å². The third kappa shape index (κ3) is 0.807. The fourth-order valence-electron chi connectivity index (χ4n) is 1.82. The summed E-state index contributed by atoms with van der Waals surface area (Å²) in [4.78, 5) is 0. The molecule has 1 unspecified atom stereocenters. The van der Waals surface area contributed by atoms with Gasteiger partial charge in [-0.3, -0.25) is 0 Å². The third-order valence-electron chi connectivity index (χ3n) is 2.40. The van der Waals surface area contributed by atoms with Gasteiger partial charge in [0.2, 0.25) is 6.29 Å². The summed E-state index contributed by atoms with van der Waals surface area (Å²) >= 11 is 0. The van der Waals surface area contributed by atoms with Crippen LogP contribution in [0.15, 0.2) is 36.4 Å². The zero-order valence-electron chi connectivity index (χ0n) is 6.90. The van der Waals surface area contributed by atoms with Gasteiger partial charge in [-0.25, -0.2) is 0 Å². The van der Waals surface area contributed by atoms with Crippen molar-refractivity contribution in [1.82, 2.24) is 0 Å². The van der Waals surface area contributed by atoms with E-state index in [0.717, 1.165) is 22.1 Å². The number of hydrogen-bond donors (Lipinski definition) is 1. The van der Waals surface area contributed by atoms with Crippen LogP contribution in [0, 0.1) is 0 Å². The van der Waals surface area contributed by atoms with Crippen LogP contribution in [-0.4, -0.2) is 5.11 Å². The molecular formula is C11H8O2. The van der Waals surface area contributed by atoms with E-state index in [-0.39, 0.29) is 0 Å². The van der Waals surface area contributed by atoms with E-state index < -0.39 is 6.29 Å². The van der Waals surface area contributed by atoms with Gasteiger partial charge in [-0.1, -0.05) is 30.3 Å². The van der Waals surface area contributed by atoms with Gasteiger partial charge < -0.3 is 9.84 Å². The molecule has 0 bridgehead atoms. The van der Waals surface area contributed by atoms with Gasteiger partial charge in [0.25, 0.3) is 0 Å². The molecule has 1 atom stereocenters. The maximum Gasteiger partial charge on any atom is 0.225 e. The normalized spacial score (nSPS) is 19.0.